The molecule has 1 heterocycles. The van der Waals surface area contributed by atoms with E-state index in [1.165, 1.54) is 22.3 Å². The lowest BCUT2D eigenvalue weighted by atomic mass is 10.1. The predicted molar refractivity (Wildman–Crippen MR) is 84.9 cm³/mol. The topological polar surface area (TPSA) is 57.6 Å². The minimum Gasteiger partial charge on any atom is -0.481 e. The fourth-order valence-corrected chi connectivity index (χ4v) is 3.58. The number of carbonyl (C=O) groups is 2. The van der Waals surface area contributed by atoms with Crippen molar-refractivity contribution in [2.75, 3.05) is 6.54 Å². The van der Waals surface area contributed by atoms with Crippen LogP contribution >= 0.6 is 11.3 Å². The number of halogens is 1. The third-order valence-corrected chi connectivity index (χ3v) is 4.79. The molecular weight excluding hydrogens is 305 g/mol. The molecule has 0 spiro atoms. The molecule has 0 aliphatic carbocycles. The highest BCUT2D eigenvalue weighted by Crippen LogP contribution is 2.33. The summed E-state index contributed by atoms with van der Waals surface area (Å²) < 4.78 is 14.7. The Morgan fingerprint density at radius 1 is 1.36 bits per heavy atom. The van der Waals surface area contributed by atoms with Gasteiger partial charge in [-0.3, -0.25) is 9.59 Å². The molecule has 6 heteroatoms. The van der Waals surface area contributed by atoms with Gasteiger partial charge in [0, 0.05) is 22.7 Å². The third-order valence-electron chi connectivity index (χ3n) is 3.55. The number of carboxylic acids is 1. The first kappa shape index (κ1) is 16.4. The summed E-state index contributed by atoms with van der Waals surface area (Å²) in [7, 11) is 0. The Hall–Kier alpha value is -1.95. The molecule has 1 N–H and O–H groups in total. The average molecular weight is 323 g/mol. The maximum Gasteiger partial charge on any atom is 0.305 e. The fraction of sp³-hybridized carbons (Fsp3) is 0.375. The van der Waals surface area contributed by atoms with E-state index in [1.54, 1.807) is 19.1 Å². The van der Waals surface area contributed by atoms with Crippen molar-refractivity contribution in [2.45, 2.75) is 33.2 Å². The number of nitrogens with zero attached hydrogens (tertiary/aromatic N) is 1. The van der Waals surface area contributed by atoms with Crippen LogP contribution in [0.4, 0.5) is 4.39 Å². The number of carbonyl (C=O) groups excluding carboxylic acids is 1. The van der Waals surface area contributed by atoms with Gasteiger partial charge < -0.3 is 10.0 Å². The van der Waals surface area contributed by atoms with E-state index in [2.05, 4.69) is 0 Å². The van der Waals surface area contributed by atoms with Gasteiger partial charge >= 0.3 is 5.97 Å². The minimum atomic E-state index is -0.947. The van der Waals surface area contributed by atoms with Crippen molar-refractivity contribution in [2.24, 2.45) is 0 Å². The highest BCUT2D eigenvalue weighted by Gasteiger charge is 2.24. The summed E-state index contributed by atoms with van der Waals surface area (Å²) in [6.45, 7) is 5.54. The van der Waals surface area contributed by atoms with Gasteiger partial charge in [0.25, 0.3) is 5.91 Å². The molecule has 0 radical (unpaired) electrons. The van der Waals surface area contributed by atoms with E-state index >= 15 is 0 Å². The summed E-state index contributed by atoms with van der Waals surface area (Å²) in [6.07, 6.45) is -0.109. The molecule has 4 nitrogen and oxygen atoms in total. The second-order valence-corrected chi connectivity index (χ2v) is 6.46. The number of fused-ring (bicyclic) bond motifs is 1. The van der Waals surface area contributed by atoms with Gasteiger partial charge in [-0.1, -0.05) is 6.07 Å². The van der Waals surface area contributed by atoms with Gasteiger partial charge in [-0.05, 0) is 38.5 Å². The van der Waals surface area contributed by atoms with Gasteiger partial charge in [-0.2, -0.15) is 0 Å². The molecular formula is C16H18FNO3S. The monoisotopic (exact) mass is 323 g/mol. The number of benzene rings is 1. The molecule has 0 bridgehead atoms. The molecule has 2 aromatic rings. The van der Waals surface area contributed by atoms with E-state index in [-0.39, 0.29) is 30.7 Å². The van der Waals surface area contributed by atoms with E-state index in [4.69, 9.17) is 5.11 Å². The summed E-state index contributed by atoms with van der Waals surface area (Å²) in [5.74, 6) is -1.53. The molecule has 0 unspecified atom stereocenters. The fourth-order valence-electron chi connectivity index (χ4n) is 2.40. The largest absolute Gasteiger partial charge is 0.481 e. The summed E-state index contributed by atoms with van der Waals surface area (Å²) >= 11 is 1.25. The van der Waals surface area contributed by atoms with E-state index in [0.717, 1.165) is 4.70 Å². The smallest absolute Gasteiger partial charge is 0.305 e. The van der Waals surface area contributed by atoms with Crippen molar-refractivity contribution in [1.82, 2.24) is 4.90 Å². The van der Waals surface area contributed by atoms with Crippen molar-refractivity contribution >= 4 is 33.3 Å². The zero-order chi connectivity index (χ0) is 16.4. The zero-order valence-corrected chi connectivity index (χ0v) is 13.5. The highest BCUT2D eigenvalue weighted by atomic mass is 32.1. The number of rotatable bonds is 5. The zero-order valence-electron chi connectivity index (χ0n) is 12.7. The minimum absolute atomic E-state index is 0.109. The third kappa shape index (κ3) is 3.11. The maximum absolute atomic E-state index is 13.9. The Kier molecular flexibility index (Phi) is 4.81. The van der Waals surface area contributed by atoms with E-state index in [0.29, 0.717) is 15.8 Å². The molecule has 118 valence electrons. The number of aryl methyl sites for hydroxylation is 1. The number of hydrogen-bond acceptors (Lipinski definition) is 3. The van der Waals surface area contributed by atoms with E-state index in [1.807, 2.05) is 13.8 Å². The second kappa shape index (κ2) is 6.44. The summed E-state index contributed by atoms with van der Waals surface area (Å²) in [5.41, 5.74) is 0.615. The molecule has 1 aromatic carbocycles. The van der Waals surface area contributed by atoms with Crippen LogP contribution < -0.4 is 0 Å². The van der Waals surface area contributed by atoms with Crippen LogP contribution in [-0.2, 0) is 4.79 Å². The highest BCUT2D eigenvalue weighted by molar-refractivity contribution is 7.21. The van der Waals surface area contributed by atoms with Gasteiger partial charge in [0.15, 0.2) is 0 Å². The van der Waals surface area contributed by atoms with Crippen molar-refractivity contribution in [3.63, 3.8) is 0 Å². The first-order chi connectivity index (χ1) is 10.3. The molecule has 0 saturated carbocycles. The Bertz CT molecular complexity index is 723. The van der Waals surface area contributed by atoms with Crippen molar-refractivity contribution in [3.05, 3.63) is 34.5 Å². The standard InChI is InChI=1S/C16H18FNO3S/c1-9(2)18(8-7-13(19)20)16(21)15-10(3)14-11(17)5-4-6-12(14)22-15/h4-6,9H,7-8H2,1-3H3,(H,19,20). The summed E-state index contributed by atoms with van der Waals surface area (Å²) in [4.78, 5) is 25.5. The average Bonchev–Trinajstić information content (AvgIpc) is 2.76. The Morgan fingerprint density at radius 3 is 2.59 bits per heavy atom. The lowest BCUT2D eigenvalue weighted by Gasteiger charge is -2.26. The molecule has 1 aromatic heterocycles. The van der Waals surface area contributed by atoms with Crippen LogP contribution in [0.5, 0.6) is 0 Å². The predicted octanol–water partition coefficient (Wildman–Crippen LogP) is 3.67. The van der Waals surface area contributed by atoms with Gasteiger partial charge in [0.2, 0.25) is 0 Å². The molecule has 1 amide bonds. The number of thiophene rings is 1. The van der Waals surface area contributed by atoms with Gasteiger partial charge in [0.05, 0.1) is 11.3 Å². The van der Waals surface area contributed by atoms with Crippen LogP contribution in [-0.4, -0.2) is 34.5 Å². The van der Waals surface area contributed by atoms with Crippen molar-refractivity contribution in [3.8, 4) is 0 Å². The molecule has 0 saturated heterocycles. The SMILES string of the molecule is Cc1c(C(=O)N(CCC(=O)O)C(C)C)sc2cccc(F)c12. The number of hydrogen-bond donors (Lipinski definition) is 1. The van der Waals surface area contributed by atoms with Crippen LogP contribution in [0.25, 0.3) is 10.1 Å². The van der Waals surface area contributed by atoms with E-state index < -0.39 is 5.97 Å². The summed E-state index contributed by atoms with van der Waals surface area (Å²) in [6, 6.07) is 4.65. The van der Waals surface area contributed by atoms with Crippen molar-refractivity contribution in [1.29, 1.82) is 0 Å². The van der Waals surface area contributed by atoms with Gasteiger partial charge in [0.1, 0.15) is 5.82 Å². The van der Waals surface area contributed by atoms with Crippen LogP contribution in [0.15, 0.2) is 18.2 Å². The quantitative estimate of drug-likeness (QED) is 0.913. The molecule has 0 fully saturated rings. The Balaban J connectivity index is 2.40. The van der Waals surface area contributed by atoms with Crippen LogP contribution in [0, 0.1) is 12.7 Å². The summed E-state index contributed by atoms with van der Waals surface area (Å²) in [5, 5.41) is 9.29. The maximum atomic E-state index is 13.9. The number of amides is 1. The second-order valence-electron chi connectivity index (χ2n) is 5.41. The van der Waals surface area contributed by atoms with Crippen molar-refractivity contribution < 1.29 is 19.1 Å². The lowest BCUT2D eigenvalue weighted by molar-refractivity contribution is -0.137. The van der Waals surface area contributed by atoms with E-state index in [9.17, 15) is 14.0 Å². The van der Waals surface area contributed by atoms with Crippen LogP contribution in [0.1, 0.15) is 35.5 Å². The Labute approximate surface area is 132 Å². The molecule has 0 aliphatic rings. The Morgan fingerprint density at radius 2 is 2.05 bits per heavy atom. The molecule has 22 heavy (non-hydrogen) atoms. The number of carboxylic acid groups (broad SMARTS) is 1. The van der Waals surface area contributed by atoms with Gasteiger partial charge in [-0.25, -0.2) is 4.39 Å². The first-order valence-electron chi connectivity index (χ1n) is 7.03. The first-order valence-corrected chi connectivity index (χ1v) is 7.85. The molecule has 0 aliphatic heterocycles. The normalized spacial score (nSPS) is 11.1. The number of aliphatic carboxylic acids is 1. The van der Waals surface area contributed by atoms with Crippen LogP contribution in [0.3, 0.4) is 0 Å². The van der Waals surface area contributed by atoms with Gasteiger partial charge in [-0.15, -0.1) is 11.3 Å². The lowest BCUT2D eigenvalue weighted by Crippen LogP contribution is -2.38. The molecule has 0 atom stereocenters. The van der Waals surface area contributed by atoms with Crippen LogP contribution in [0.2, 0.25) is 0 Å². The molecule has 2 rings (SSSR count).